The molecule has 1 saturated heterocycles. The van der Waals surface area contributed by atoms with Gasteiger partial charge in [-0.15, -0.1) is 11.8 Å². The first-order valence-electron chi connectivity index (χ1n) is 5.12. The van der Waals surface area contributed by atoms with Gasteiger partial charge in [0.1, 0.15) is 6.61 Å². The molecule has 1 aromatic rings. The number of hydrogen-bond acceptors (Lipinski definition) is 5. The average molecular weight is 252 g/mol. The Labute approximate surface area is 103 Å². The maximum Gasteiger partial charge on any atom is 0.416 e. The Morgan fingerprint density at radius 3 is 3.00 bits per heavy atom. The van der Waals surface area contributed by atoms with Crippen LogP contribution in [0.4, 0.5) is 10.5 Å². The van der Waals surface area contributed by atoms with E-state index in [9.17, 15) is 9.59 Å². The first-order chi connectivity index (χ1) is 8.16. The van der Waals surface area contributed by atoms with Gasteiger partial charge in [-0.25, -0.2) is 9.69 Å². The lowest BCUT2D eigenvalue weighted by Crippen LogP contribution is -2.32. The number of thioether (sulfide) groups is 1. The number of carbonyl (C=O) groups excluding carboxylic acids is 2. The molecule has 0 unspecified atom stereocenters. The number of nitrogen functional groups attached to an aromatic ring is 1. The van der Waals surface area contributed by atoms with E-state index in [1.54, 1.807) is 12.1 Å². The number of ether oxygens (including phenoxy) is 1. The fraction of sp³-hybridized carbons (Fsp3) is 0.273. The van der Waals surface area contributed by atoms with Gasteiger partial charge >= 0.3 is 6.09 Å². The molecule has 0 bridgehead atoms. The van der Waals surface area contributed by atoms with Crippen molar-refractivity contribution in [1.29, 1.82) is 0 Å². The minimum atomic E-state index is -0.553. The third-order valence-corrected chi connectivity index (χ3v) is 3.26. The number of benzene rings is 1. The van der Waals surface area contributed by atoms with Gasteiger partial charge in [-0.3, -0.25) is 4.79 Å². The first-order valence-corrected chi connectivity index (χ1v) is 6.11. The topological polar surface area (TPSA) is 72.6 Å². The molecule has 1 heterocycles. The van der Waals surface area contributed by atoms with Crippen molar-refractivity contribution in [3.63, 3.8) is 0 Å². The summed E-state index contributed by atoms with van der Waals surface area (Å²) >= 11 is 1.35. The lowest BCUT2D eigenvalue weighted by atomic mass is 10.3. The molecule has 0 atom stereocenters. The van der Waals surface area contributed by atoms with Crippen LogP contribution in [0.5, 0.6) is 0 Å². The van der Waals surface area contributed by atoms with E-state index in [-0.39, 0.29) is 18.3 Å². The van der Waals surface area contributed by atoms with Crippen LogP contribution in [0.1, 0.15) is 0 Å². The van der Waals surface area contributed by atoms with Crippen LogP contribution in [0.3, 0.4) is 0 Å². The zero-order chi connectivity index (χ0) is 12.3. The number of rotatable bonds is 3. The fourth-order valence-electron chi connectivity index (χ4n) is 1.45. The number of cyclic esters (lactones) is 1. The Bertz CT molecular complexity index is 450. The molecule has 1 fully saturated rings. The van der Waals surface area contributed by atoms with Crippen LogP contribution in [0, 0.1) is 0 Å². The summed E-state index contributed by atoms with van der Waals surface area (Å²) in [5, 5.41) is 0. The van der Waals surface area contributed by atoms with E-state index in [0.717, 1.165) is 9.80 Å². The number of carbonyl (C=O) groups is 2. The summed E-state index contributed by atoms with van der Waals surface area (Å²) < 4.78 is 4.69. The van der Waals surface area contributed by atoms with E-state index in [2.05, 4.69) is 0 Å². The number of amides is 2. The van der Waals surface area contributed by atoms with Crippen LogP contribution < -0.4 is 5.73 Å². The number of anilines is 1. The highest BCUT2D eigenvalue weighted by atomic mass is 32.2. The normalized spacial score (nSPS) is 14.8. The van der Waals surface area contributed by atoms with Crippen LogP contribution >= 0.6 is 11.8 Å². The Morgan fingerprint density at radius 2 is 2.35 bits per heavy atom. The molecule has 2 rings (SSSR count). The highest BCUT2D eigenvalue weighted by molar-refractivity contribution is 8.00. The van der Waals surface area contributed by atoms with E-state index in [0.29, 0.717) is 12.2 Å². The predicted octanol–water partition coefficient (Wildman–Crippen LogP) is 1.34. The van der Waals surface area contributed by atoms with E-state index < -0.39 is 6.09 Å². The summed E-state index contributed by atoms with van der Waals surface area (Å²) in [7, 11) is 0. The molecule has 17 heavy (non-hydrogen) atoms. The zero-order valence-electron chi connectivity index (χ0n) is 9.09. The van der Waals surface area contributed by atoms with Crippen molar-refractivity contribution in [2.45, 2.75) is 4.90 Å². The van der Waals surface area contributed by atoms with Crippen molar-refractivity contribution in [3.8, 4) is 0 Å². The molecule has 0 radical (unpaired) electrons. The molecule has 5 nitrogen and oxygen atoms in total. The van der Waals surface area contributed by atoms with E-state index in [1.165, 1.54) is 11.8 Å². The minimum absolute atomic E-state index is 0.207. The van der Waals surface area contributed by atoms with Gasteiger partial charge in [0, 0.05) is 10.6 Å². The maximum absolute atomic E-state index is 11.7. The molecule has 0 aromatic heterocycles. The molecule has 0 aliphatic carbocycles. The minimum Gasteiger partial charge on any atom is -0.447 e. The lowest BCUT2D eigenvalue weighted by Gasteiger charge is -2.10. The van der Waals surface area contributed by atoms with E-state index in [4.69, 9.17) is 10.5 Å². The zero-order valence-corrected chi connectivity index (χ0v) is 9.90. The van der Waals surface area contributed by atoms with Crippen molar-refractivity contribution in [2.24, 2.45) is 0 Å². The molecule has 6 heteroatoms. The standard InChI is InChI=1S/C11H12N2O3S/c12-8-2-1-3-9(6-8)17-7-10(14)13-4-5-16-11(13)15/h1-3,6H,4-5,7,12H2. The van der Waals surface area contributed by atoms with Gasteiger partial charge in [-0.1, -0.05) is 6.07 Å². The van der Waals surface area contributed by atoms with Gasteiger partial charge in [0.25, 0.3) is 0 Å². The van der Waals surface area contributed by atoms with Gasteiger partial charge in [0.05, 0.1) is 12.3 Å². The van der Waals surface area contributed by atoms with Gasteiger partial charge in [-0.05, 0) is 18.2 Å². The van der Waals surface area contributed by atoms with Crippen LogP contribution in [-0.2, 0) is 9.53 Å². The van der Waals surface area contributed by atoms with Gasteiger partial charge in [-0.2, -0.15) is 0 Å². The van der Waals surface area contributed by atoms with E-state index in [1.807, 2.05) is 12.1 Å². The molecule has 0 spiro atoms. The van der Waals surface area contributed by atoms with E-state index >= 15 is 0 Å². The summed E-state index contributed by atoms with van der Waals surface area (Å²) in [5.41, 5.74) is 6.28. The molecular formula is C11H12N2O3S. The Balaban J connectivity index is 1.90. The summed E-state index contributed by atoms with van der Waals surface area (Å²) in [6.45, 7) is 0.628. The lowest BCUT2D eigenvalue weighted by molar-refractivity contribution is -0.124. The van der Waals surface area contributed by atoms with Crippen molar-refractivity contribution >= 4 is 29.4 Å². The first kappa shape index (κ1) is 11.8. The molecule has 1 aliphatic heterocycles. The molecule has 2 amide bonds. The third-order valence-electron chi connectivity index (χ3n) is 2.28. The quantitative estimate of drug-likeness (QED) is 0.649. The van der Waals surface area contributed by atoms with Crippen LogP contribution in [0.2, 0.25) is 0 Å². The Kier molecular flexibility index (Phi) is 3.53. The molecule has 1 aromatic carbocycles. The molecule has 90 valence electrons. The molecule has 0 saturated carbocycles. The summed E-state index contributed by atoms with van der Waals surface area (Å²) in [6, 6.07) is 7.27. The molecule has 2 N–H and O–H groups in total. The predicted molar refractivity (Wildman–Crippen MR) is 64.6 cm³/mol. The SMILES string of the molecule is Nc1cccc(SCC(=O)N2CCOC2=O)c1. The molecular weight excluding hydrogens is 240 g/mol. The second-order valence-electron chi connectivity index (χ2n) is 3.52. The Hall–Kier alpha value is -1.69. The number of hydrogen-bond donors (Lipinski definition) is 1. The van der Waals surface area contributed by atoms with Crippen molar-refractivity contribution in [1.82, 2.24) is 4.90 Å². The van der Waals surface area contributed by atoms with Crippen molar-refractivity contribution < 1.29 is 14.3 Å². The average Bonchev–Trinajstić information content (AvgIpc) is 2.72. The summed E-state index contributed by atoms with van der Waals surface area (Å²) in [5.74, 6) is -0.0293. The summed E-state index contributed by atoms with van der Waals surface area (Å²) in [4.78, 5) is 24.9. The smallest absolute Gasteiger partial charge is 0.416 e. The highest BCUT2D eigenvalue weighted by Gasteiger charge is 2.27. The monoisotopic (exact) mass is 252 g/mol. The second-order valence-corrected chi connectivity index (χ2v) is 4.57. The highest BCUT2D eigenvalue weighted by Crippen LogP contribution is 2.21. The summed E-state index contributed by atoms with van der Waals surface area (Å²) in [6.07, 6.45) is -0.553. The van der Waals surface area contributed by atoms with Crippen LogP contribution in [0.15, 0.2) is 29.2 Å². The number of nitrogens with zero attached hydrogens (tertiary/aromatic N) is 1. The van der Waals surface area contributed by atoms with Gasteiger partial charge < -0.3 is 10.5 Å². The van der Waals surface area contributed by atoms with Crippen molar-refractivity contribution in [2.75, 3.05) is 24.6 Å². The third kappa shape index (κ3) is 2.91. The molecule has 1 aliphatic rings. The Morgan fingerprint density at radius 1 is 1.53 bits per heavy atom. The second kappa shape index (κ2) is 5.09. The number of imide groups is 1. The van der Waals surface area contributed by atoms with Crippen LogP contribution in [0.25, 0.3) is 0 Å². The van der Waals surface area contributed by atoms with Gasteiger partial charge in [0.15, 0.2) is 0 Å². The van der Waals surface area contributed by atoms with Gasteiger partial charge in [0.2, 0.25) is 5.91 Å². The number of nitrogens with two attached hydrogens (primary N) is 1. The fourth-order valence-corrected chi connectivity index (χ4v) is 2.29. The van der Waals surface area contributed by atoms with Crippen LogP contribution in [-0.4, -0.2) is 35.8 Å². The van der Waals surface area contributed by atoms with Crippen molar-refractivity contribution in [3.05, 3.63) is 24.3 Å². The largest absolute Gasteiger partial charge is 0.447 e. The maximum atomic E-state index is 11.7.